The number of ketones is 1. The molecule has 1 aliphatic heterocycles. The van der Waals surface area contributed by atoms with E-state index in [9.17, 15) is 4.79 Å². The van der Waals surface area contributed by atoms with Gasteiger partial charge in [0.1, 0.15) is 5.78 Å². The van der Waals surface area contributed by atoms with Gasteiger partial charge >= 0.3 is 0 Å². The zero-order valence-corrected chi connectivity index (χ0v) is 11.4. The Morgan fingerprint density at radius 1 is 1.29 bits per heavy atom. The molecule has 3 nitrogen and oxygen atoms in total. The molecule has 2 rings (SSSR count). The lowest BCUT2D eigenvalue weighted by Crippen LogP contribution is -1.93. The second-order valence-electron chi connectivity index (χ2n) is 4.21. The number of Topliss-reactive ketones (excluding diaryl/α,β-unsaturated/α-hetero) is 1. The summed E-state index contributed by atoms with van der Waals surface area (Å²) >= 11 is 3.53. The summed E-state index contributed by atoms with van der Waals surface area (Å²) in [6, 6.07) is 3.96. The number of ether oxygens (including phenoxy) is 2. The number of carbonyl (C=O) groups excluding carboxylic acids is 1. The molecule has 0 radical (unpaired) electrons. The highest BCUT2D eigenvalue weighted by Gasteiger charge is 2.15. The zero-order chi connectivity index (χ0) is 12.3. The quantitative estimate of drug-likeness (QED) is 0.781. The van der Waals surface area contributed by atoms with E-state index >= 15 is 0 Å². The van der Waals surface area contributed by atoms with E-state index in [1.54, 1.807) is 6.92 Å². The Balaban J connectivity index is 1.94. The Bertz CT molecular complexity index is 429. The van der Waals surface area contributed by atoms with Crippen LogP contribution in [0.5, 0.6) is 11.5 Å². The van der Waals surface area contributed by atoms with Gasteiger partial charge in [-0.3, -0.25) is 0 Å². The molecule has 1 aromatic rings. The predicted molar refractivity (Wildman–Crippen MR) is 68.5 cm³/mol. The van der Waals surface area contributed by atoms with E-state index in [1.807, 2.05) is 12.1 Å². The summed E-state index contributed by atoms with van der Waals surface area (Å²) in [5.74, 6) is 1.87. The van der Waals surface area contributed by atoms with Crippen LogP contribution in [0.25, 0.3) is 0 Å². The summed E-state index contributed by atoms with van der Waals surface area (Å²) in [5.41, 5.74) is 1.21. The molecule has 0 atom stereocenters. The van der Waals surface area contributed by atoms with E-state index in [-0.39, 0.29) is 5.78 Å². The number of unbranched alkanes of at least 4 members (excludes halogenated alkanes) is 1. The van der Waals surface area contributed by atoms with Crippen LogP contribution in [0.1, 0.15) is 31.7 Å². The van der Waals surface area contributed by atoms with Crippen LogP contribution in [0, 0.1) is 0 Å². The highest BCUT2D eigenvalue weighted by atomic mass is 79.9. The Morgan fingerprint density at radius 2 is 2.00 bits per heavy atom. The van der Waals surface area contributed by atoms with Crippen molar-refractivity contribution in [1.82, 2.24) is 0 Å². The maximum absolute atomic E-state index is 10.8. The molecule has 0 unspecified atom stereocenters. The van der Waals surface area contributed by atoms with Gasteiger partial charge in [-0.25, -0.2) is 0 Å². The van der Waals surface area contributed by atoms with Crippen molar-refractivity contribution in [2.24, 2.45) is 0 Å². The largest absolute Gasteiger partial charge is 0.454 e. The van der Waals surface area contributed by atoms with Crippen molar-refractivity contribution >= 4 is 21.7 Å². The lowest BCUT2D eigenvalue weighted by Gasteiger charge is -2.06. The molecule has 1 aliphatic rings. The van der Waals surface area contributed by atoms with Crippen LogP contribution < -0.4 is 9.47 Å². The third-order valence-corrected chi connectivity index (χ3v) is 3.50. The van der Waals surface area contributed by atoms with Crippen LogP contribution in [-0.2, 0) is 11.2 Å². The standard InChI is InChI=1S/C13H15BrO3/c1-9(15)4-2-3-5-10-6-12-13(7-11(10)14)17-8-16-12/h6-7H,2-5,8H2,1H3. The van der Waals surface area contributed by atoms with Gasteiger partial charge in [-0.2, -0.15) is 0 Å². The Labute approximate surface area is 109 Å². The second kappa shape index (κ2) is 5.54. The summed E-state index contributed by atoms with van der Waals surface area (Å²) in [7, 11) is 0. The summed E-state index contributed by atoms with van der Waals surface area (Å²) in [5, 5.41) is 0. The first kappa shape index (κ1) is 12.4. The number of carbonyl (C=O) groups is 1. The topological polar surface area (TPSA) is 35.5 Å². The maximum atomic E-state index is 10.8. The number of halogens is 1. The van der Waals surface area contributed by atoms with Crippen LogP contribution in [0.2, 0.25) is 0 Å². The fraction of sp³-hybridized carbons (Fsp3) is 0.462. The minimum absolute atomic E-state index is 0.259. The van der Waals surface area contributed by atoms with E-state index in [1.165, 1.54) is 5.56 Å². The Hall–Kier alpha value is -1.03. The van der Waals surface area contributed by atoms with Crippen molar-refractivity contribution in [2.75, 3.05) is 6.79 Å². The monoisotopic (exact) mass is 298 g/mol. The van der Waals surface area contributed by atoms with E-state index in [0.29, 0.717) is 13.2 Å². The third-order valence-electron chi connectivity index (χ3n) is 2.77. The Morgan fingerprint density at radius 3 is 2.71 bits per heavy atom. The highest BCUT2D eigenvalue weighted by molar-refractivity contribution is 9.10. The van der Waals surface area contributed by atoms with Crippen LogP contribution >= 0.6 is 15.9 Å². The number of hydrogen-bond acceptors (Lipinski definition) is 3. The van der Waals surface area contributed by atoms with Crippen LogP contribution in [-0.4, -0.2) is 12.6 Å². The number of aryl methyl sites for hydroxylation is 1. The molecule has 0 N–H and O–H groups in total. The summed E-state index contributed by atoms with van der Waals surface area (Å²) in [6.45, 7) is 1.94. The van der Waals surface area contributed by atoms with Gasteiger partial charge in [0.15, 0.2) is 11.5 Å². The minimum atomic E-state index is 0.259. The lowest BCUT2D eigenvalue weighted by molar-refractivity contribution is -0.117. The molecule has 17 heavy (non-hydrogen) atoms. The van der Waals surface area contributed by atoms with Crippen LogP contribution in [0.15, 0.2) is 16.6 Å². The number of hydrogen-bond donors (Lipinski definition) is 0. The average molecular weight is 299 g/mol. The lowest BCUT2D eigenvalue weighted by atomic mass is 10.1. The fourth-order valence-electron chi connectivity index (χ4n) is 1.84. The van der Waals surface area contributed by atoms with Crippen molar-refractivity contribution < 1.29 is 14.3 Å². The smallest absolute Gasteiger partial charge is 0.231 e. The van der Waals surface area contributed by atoms with Crippen molar-refractivity contribution in [3.8, 4) is 11.5 Å². The van der Waals surface area contributed by atoms with Crippen LogP contribution in [0.3, 0.4) is 0 Å². The minimum Gasteiger partial charge on any atom is -0.454 e. The molecule has 1 aromatic carbocycles. The van der Waals surface area contributed by atoms with Crippen molar-refractivity contribution in [3.63, 3.8) is 0 Å². The first-order valence-electron chi connectivity index (χ1n) is 5.74. The summed E-state index contributed by atoms with van der Waals surface area (Å²) in [4.78, 5) is 10.8. The van der Waals surface area contributed by atoms with Gasteiger partial charge in [-0.05, 0) is 43.9 Å². The van der Waals surface area contributed by atoms with E-state index < -0.39 is 0 Å². The first-order valence-corrected chi connectivity index (χ1v) is 6.53. The summed E-state index contributed by atoms with van der Waals surface area (Å²) in [6.07, 6.45) is 3.57. The SMILES string of the molecule is CC(=O)CCCCc1cc2c(cc1Br)OCO2. The molecule has 0 amide bonds. The molecule has 0 aromatic heterocycles. The second-order valence-corrected chi connectivity index (χ2v) is 5.06. The van der Waals surface area contributed by atoms with E-state index in [2.05, 4.69) is 15.9 Å². The molecule has 1 heterocycles. The van der Waals surface area contributed by atoms with Gasteiger partial charge in [0, 0.05) is 10.9 Å². The first-order chi connectivity index (χ1) is 8.16. The van der Waals surface area contributed by atoms with Gasteiger partial charge < -0.3 is 14.3 Å². The third kappa shape index (κ3) is 3.22. The number of rotatable bonds is 5. The molecule has 0 fully saturated rings. The van der Waals surface area contributed by atoms with Gasteiger partial charge in [0.25, 0.3) is 0 Å². The molecule has 92 valence electrons. The molecule has 0 saturated heterocycles. The van der Waals surface area contributed by atoms with E-state index in [4.69, 9.17) is 9.47 Å². The molecule has 4 heteroatoms. The van der Waals surface area contributed by atoms with Crippen molar-refractivity contribution in [3.05, 3.63) is 22.2 Å². The zero-order valence-electron chi connectivity index (χ0n) is 9.79. The normalized spacial score (nSPS) is 12.8. The predicted octanol–water partition coefficient (Wildman–Crippen LogP) is 3.48. The van der Waals surface area contributed by atoms with E-state index in [0.717, 1.165) is 35.2 Å². The Kier molecular flexibility index (Phi) is 4.05. The summed E-state index contributed by atoms with van der Waals surface area (Å²) < 4.78 is 11.7. The fourth-order valence-corrected chi connectivity index (χ4v) is 2.36. The highest BCUT2D eigenvalue weighted by Crippen LogP contribution is 2.37. The molecular formula is C13H15BrO3. The van der Waals surface area contributed by atoms with Gasteiger partial charge in [0.2, 0.25) is 6.79 Å². The maximum Gasteiger partial charge on any atom is 0.231 e. The molecular weight excluding hydrogens is 284 g/mol. The molecule has 0 bridgehead atoms. The molecule has 0 saturated carbocycles. The molecule has 0 spiro atoms. The van der Waals surface area contributed by atoms with Gasteiger partial charge in [-0.15, -0.1) is 0 Å². The average Bonchev–Trinajstić information content (AvgIpc) is 2.71. The van der Waals surface area contributed by atoms with Gasteiger partial charge in [0.05, 0.1) is 0 Å². The van der Waals surface area contributed by atoms with Crippen LogP contribution in [0.4, 0.5) is 0 Å². The van der Waals surface area contributed by atoms with Crippen molar-refractivity contribution in [1.29, 1.82) is 0 Å². The van der Waals surface area contributed by atoms with Crippen molar-refractivity contribution in [2.45, 2.75) is 32.6 Å². The number of benzene rings is 1. The van der Waals surface area contributed by atoms with Gasteiger partial charge in [-0.1, -0.05) is 15.9 Å². The number of fused-ring (bicyclic) bond motifs is 1. The molecule has 0 aliphatic carbocycles.